The summed E-state index contributed by atoms with van der Waals surface area (Å²) < 4.78 is 0. The maximum atomic E-state index is 6.01. The molecule has 19 heavy (non-hydrogen) atoms. The molecule has 0 saturated heterocycles. The number of nitrogens with two attached hydrogens (primary N) is 1. The van der Waals surface area contributed by atoms with Crippen LogP contribution in [0.4, 0.5) is 0 Å². The van der Waals surface area contributed by atoms with Crippen molar-refractivity contribution in [1.82, 2.24) is 15.0 Å². The van der Waals surface area contributed by atoms with Crippen molar-refractivity contribution in [3.05, 3.63) is 42.1 Å². The molecule has 0 bridgehead atoms. The lowest BCUT2D eigenvalue weighted by Gasteiger charge is -2.17. The van der Waals surface area contributed by atoms with Crippen molar-refractivity contribution in [2.24, 2.45) is 5.73 Å². The average Bonchev–Trinajstić information content (AvgIpc) is 2.36. The maximum absolute atomic E-state index is 6.01. The van der Waals surface area contributed by atoms with Crippen LogP contribution in [-0.2, 0) is 6.42 Å². The average molecular weight is 256 g/mol. The zero-order chi connectivity index (χ0) is 13.9. The van der Waals surface area contributed by atoms with E-state index in [1.807, 2.05) is 39.0 Å². The third kappa shape index (κ3) is 4.10. The molecule has 0 spiro atoms. The van der Waals surface area contributed by atoms with E-state index >= 15 is 0 Å². The molecule has 100 valence electrons. The molecule has 4 nitrogen and oxygen atoms in total. The summed E-state index contributed by atoms with van der Waals surface area (Å²) in [7, 11) is 0. The minimum absolute atomic E-state index is 0.191. The van der Waals surface area contributed by atoms with Crippen LogP contribution in [0.25, 0.3) is 11.3 Å². The topological polar surface area (TPSA) is 64.7 Å². The van der Waals surface area contributed by atoms with E-state index in [1.54, 1.807) is 12.4 Å². The Balaban J connectivity index is 2.25. The predicted octanol–water partition coefficient (Wildman–Crippen LogP) is 2.52. The van der Waals surface area contributed by atoms with Crippen molar-refractivity contribution in [3.63, 3.8) is 0 Å². The second-order valence-corrected chi connectivity index (χ2v) is 5.54. The summed E-state index contributed by atoms with van der Waals surface area (Å²) in [5.41, 5.74) is 8.80. The van der Waals surface area contributed by atoms with Crippen molar-refractivity contribution < 1.29 is 0 Å². The minimum Gasteiger partial charge on any atom is -0.326 e. The molecule has 0 unspecified atom stereocenters. The molecule has 0 saturated carbocycles. The van der Waals surface area contributed by atoms with Crippen molar-refractivity contribution in [2.45, 2.75) is 39.2 Å². The second kappa shape index (κ2) is 5.45. The molecular formula is C15H20N4. The molecule has 2 aromatic rings. The lowest BCUT2D eigenvalue weighted by Crippen LogP contribution is -2.32. The molecule has 2 N–H and O–H groups in total. The highest BCUT2D eigenvalue weighted by Crippen LogP contribution is 2.17. The van der Waals surface area contributed by atoms with Gasteiger partial charge in [0.2, 0.25) is 0 Å². The SMILES string of the molecule is Cc1cc(-c2ccncc2)nc(CCC(C)(C)N)n1. The number of nitrogens with zero attached hydrogens (tertiary/aromatic N) is 3. The predicted molar refractivity (Wildman–Crippen MR) is 76.6 cm³/mol. The standard InChI is InChI=1S/C15H20N4/c1-11-10-13(12-5-8-17-9-6-12)19-14(18-11)4-7-15(2,3)16/h5-6,8-10H,4,7,16H2,1-3H3. The largest absolute Gasteiger partial charge is 0.326 e. The number of aromatic nitrogens is 3. The maximum Gasteiger partial charge on any atom is 0.129 e. The second-order valence-electron chi connectivity index (χ2n) is 5.54. The molecule has 2 heterocycles. The van der Waals surface area contributed by atoms with E-state index in [4.69, 9.17) is 5.73 Å². The van der Waals surface area contributed by atoms with Gasteiger partial charge in [0.05, 0.1) is 5.69 Å². The van der Waals surface area contributed by atoms with Gasteiger partial charge in [0.25, 0.3) is 0 Å². The quantitative estimate of drug-likeness (QED) is 0.913. The molecule has 0 atom stereocenters. The van der Waals surface area contributed by atoms with Gasteiger partial charge >= 0.3 is 0 Å². The van der Waals surface area contributed by atoms with Crippen molar-refractivity contribution >= 4 is 0 Å². The molecule has 0 aliphatic carbocycles. The fourth-order valence-corrected chi connectivity index (χ4v) is 1.85. The van der Waals surface area contributed by atoms with Gasteiger partial charge in [-0.2, -0.15) is 0 Å². The summed E-state index contributed by atoms with van der Waals surface area (Å²) in [6, 6.07) is 5.91. The Labute approximate surface area is 114 Å². The molecule has 0 fully saturated rings. The summed E-state index contributed by atoms with van der Waals surface area (Å²) in [6.07, 6.45) is 5.21. The number of rotatable bonds is 4. The molecule has 0 aliphatic heterocycles. The highest BCUT2D eigenvalue weighted by molar-refractivity contribution is 5.58. The zero-order valence-corrected chi connectivity index (χ0v) is 11.7. The van der Waals surface area contributed by atoms with E-state index in [0.29, 0.717) is 0 Å². The summed E-state index contributed by atoms with van der Waals surface area (Å²) in [5, 5.41) is 0. The Morgan fingerprint density at radius 3 is 2.47 bits per heavy atom. The molecule has 0 radical (unpaired) electrons. The zero-order valence-electron chi connectivity index (χ0n) is 11.7. The molecule has 4 heteroatoms. The van der Waals surface area contributed by atoms with Crippen LogP contribution in [0.5, 0.6) is 0 Å². The van der Waals surface area contributed by atoms with Crippen LogP contribution in [0.15, 0.2) is 30.6 Å². The number of hydrogen-bond donors (Lipinski definition) is 1. The van der Waals surface area contributed by atoms with Gasteiger partial charge in [0.1, 0.15) is 5.82 Å². The van der Waals surface area contributed by atoms with Gasteiger partial charge in [-0.3, -0.25) is 4.98 Å². The first-order valence-corrected chi connectivity index (χ1v) is 6.48. The summed E-state index contributed by atoms with van der Waals surface area (Å²) in [4.78, 5) is 13.1. The van der Waals surface area contributed by atoms with Gasteiger partial charge < -0.3 is 5.73 Å². The molecule has 0 aliphatic rings. The van der Waals surface area contributed by atoms with Gasteiger partial charge in [0, 0.05) is 35.6 Å². The smallest absolute Gasteiger partial charge is 0.129 e. The molecule has 0 amide bonds. The Hall–Kier alpha value is -1.81. The molecular weight excluding hydrogens is 236 g/mol. The van der Waals surface area contributed by atoms with E-state index in [9.17, 15) is 0 Å². The monoisotopic (exact) mass is 256 g/mol. The van der Waals surface area contributed by atoms with Gasteiger partial charge in [0.15, 0.2) is 0 Å². The molecule has 2 aromatic heterocycles. The fourth-order valence-electron chi connectivity index (χ4n) is 1.85. The van der Waals surface area contributed by atoms with Crippen LogP contribution >= 0.6 is 0 Å². The van der Waals surface area contributed by atoms with Crippen LogP contribution in [0.1, 0.15) is 31.8 Å². The number of aryl methyl sites for hydroxylation is 2. The third-order valence-corrected chi connectivity index (χ3v) is 2.87. The van der Waals surface area contributed by atoms with Gasteiger partial charge in [-0.1, -0.05) is 0 Å². The molecule has 0 aromatic carbocycles. The lowest BCUT2D eigenvalue weighted by molar-refractivity contribution is 0.470. The first-order chi connectivity index (χ1) is 8.94. The van der Waals surface area contributed by atoms with Gasteiger partial charge in [-0.25, -0.2) is 9.97 Å². The van der Waals surface area contributed by atoms with Crippen LogP contribution in [-0.4, -0.2) is 20.5 Å². The number of hydrogen-bond acceptors (Lipinski definition) is 4. The molecule has 2 rings (SSSR count). The Kier molecular flexibility index (Phi) is 3.90. The highest BCUT2D eigenvalue weighted by atomic mass is 14.9. The van der Waals surface area contributed by atoms with Crippen LogP contribution in [0.3, 0.4) is 0 Å². The summed E-state index contributed by atoms with van der Waals surface area (Å²) >= 11 is 0. The van der Waals surface area contributed by atoms with Crippen molar-refractivity contribution in [2.75, 3.05) is 0 Å². The van der Waals surface area contributed by atoms with Gasteiger partial charge in [-0.15, -0.1) is 0 Å². The Bertz CT molecular complexity index is 544. The van der Waals surface area contributed by atoms with E-state index in [2.05, 4.69) is 15.0 Å². The van der Waals surface area contributed by atoms with E-state index in [1.165, 1.54) is 0 Å². The minimum atomic E-state index is -0.191. The van der Waals surface area contributed by atoms with Crippen LogP contribution in [0, 0.1) is 6.92 Å². The first-order valence-electron chi connectivity index (χ1n) is 6.48. The fraction of sp³-hybridized carbons (Fsp3) is 0.400. The summed E-state index contributed by atoms with van der Waals surface area (Å²) in [5.74, 6) is 0.852. The number of pyridine rings is 1. The van der Waals surface area contributed by atoms with Gasteiger partial charge in [-0.05, 0) is 45.4 Å². The normalized spacial score (nSPS) is 11.6. The third-order valence-electron chi connectivity index (χ3n) is 2.87. The highest BCUT2D eigenvalue weighted by Gasteiger charge is 2.12. The van der Waals surface area contributed by atoms with Crippen LogP contribution in [0.2, 0.25) is 0 Å². The van der Waals surface area contributed by atoms with E-state index in [-0.39, 0.29) is 5.54 Å². The van der Waals surface area contributed by atoms with Crippen LogP contribution < -0.4 is 5.73 Å². The van der Waals surface area contributed by atoms with Crippen molar-refractivity contribution in [3.8, 4) is 11.3 Å². The Morgan fingerprint density at radius 2 is 1.84 bits per heavy atom. The Morgan fingerprint density at radius 1 is 1.16 bits per heavy atom. The first kappa shape index (κ1) is 13.6. The lowest BCUT2D eigenvalue weighted by atomic mass is 10.00. The summed E-state index contributed by atoms with van der Waals surface area (Å²) in [6.45, 7) is 6.03. The van der Waals surface area contributed by atoms with E-state index < -0.39 is 0 Å². The van der Waals surface area contributed by atoms with Crippen molar-refractivity contribution in [1.29, 1.82) is 0 Å². The van der Waals surface area contributed by atoms with E-state index in [0.717, 1.165) is 35.6 Å².